The molecule has 4 rings (SSSR count). The Bertz CT molecular complexity index is 1230. The lowest BCUT2D eigenvalue weighted by atomic mass is 10.0. The van der Waals surface area contributed by atoms with Crippen molar-refractivity contribution in [2.75, 3.05) is 52.5 Å². The Kier molecular flexibility index (Phi) is 10.5. The molecule has 1 saturated heterocycles. The first-order valence-electron chi connectivity index (χ1n) is 12.5. The lowest BCUT2D eigenvalue weighted by Crippen LogP contribution is -2.50. The average Bonchev–Trinajstić information content (AvgIpc) is 2.92. The van der Waals surface area contributed by atoms with Crippen LogP contribution in [0.25, 0.3) is 0 Å². The predicted molar refractivity (Wildman–Crippen MR) is 140 cm³/mol. The third-order valence-electron chi connectivity index (χ3n) is 6.11. The van der Waals surface area contributed by atoms with Crippen molar-refractivity contribution in [3.05, 3.63) is 48.0 Å². The molecule has 2 aromatic rings. The molecular weight excluding hydrogens is 532 g/mol. The van der Waals surface area contributed by atoms with Crippen LogP contribution in [0.4, 0.5) is 0 Å². The van der Waals surface area contributed by atoms with Crippen LogP contribution in [-0.4, -0.2) is 104 Å². The normalized spacial score (nSPS) is 16.6. The van der Waals surface area contributed by atoms with Crippen LogP contribution in [-0.2, 0) is 19.6 Å². The summed E-state index contributed by atoms with van der Waals surface area (Å²) in [5.41, 5.74) is 1.11. The number of sulfonamides is 1. The van der Waals surface area contributed by atoms with E-state index in [2.05, 4.69) is 18.7 Å². The van der Waals surface area contributed by atoms with Gasteiger partial charge in [0, 0.05) is 38.8 Å². The van der Waals surface area contributed by atoms with Gasteiger partial charge in [0.1, 0.15) is 31.7 Å². The van der Waals surface area contributed by atoms with Crippen LogP contribution in [0.3, 0.4) is 0 Å². The molecule has 1 unspecified atom stereocenters. The summed E-state index contributed by atoms with van der Waals surface area (Å²) in [5, 5.41) is 25.3. The number of aliphatic hydroxyl groups excluding tert-OH is 1. The molecule has 0 aromatic heterocycles. The van der Waals surface area contributed by atoms with E-state index in [-0.39, 0.29) is 11.5 Å². The number of benzene rings is 2. The van der Waals surface area contributed by atoms with Crippen molar-refractivity contribution in [1.29, 1.82) is 0 Å². The maximum atomic E-state index is 13.1. The molecule has 1 fully saturated rings. The number of aliphatic hydroxyl groups is 1. The van der Waals surface area contributed by atoms with Crippen LogP contribution >= 0.6 is 0 Å². The van der Waals surface area contributed by atoms with Crippen molar-refractivity contribution in [3.8, 4) is 17.2 Å². The van der Waals surface area contributed by atoms with E-state index < -0.39 is 28.1 Å². The number of hydrogen-bond donors (Lipinski definition) is 3. The van der Waals surface area contributed by atoms with E-state index in [9.17, 15) is 13.5 Å². The number of aliphatic carboxylic acids is 2. The van der Waals surface area contributed by atoms with E-state index in [4.69, 9.17) is 34.0 Å². The van der Waals surface area contributed by atoms with Crippen LogP contribution in [0.2, 0.25) is 0 Å². The second kappa shape index (κ2) is 13.6. The number of nitrogens with zero attached hydrogens (tertiary/aromatic N) is 2. The molecule has 0 amide bonds. The fourth-order valence-corrected chi connectivity index (χ4v) is 5.55. The van der Waals surface area contributed by atoms with E-state index in [0.29, 0.717) is 63.4 Å². The fraction of sp³-hybridized carbons (Fsp3) is 0.462. The number of β-amino-alcohol motifs (C(OH)–C–C–N with tert-alkyl or cyclic N) is 1. The van der Waals surface area contributed by atoms with Crippen molar-refractivity contribution >= 4 is 22.0 Å². The number of carboxylic acids is 2. The molecule has 1 atom stereocenters. The standard InChI is InChI=1S/C24H32N2O6S.C2H2O4/c1-18(2)21-5-3-4-6-22(21)32-17-19(27)16-25-9-11-26(12-10-25)33(28,29)20-7-8-23-24(15-20)31-14-13-30-23;3-1(4)2(5)6/h3-8,15,18-19,27H,9-14,16-17H2,1-2H3;(H,3,4)(H,5,6). The molecule has 0 aliphatic carbocycles. The minimum Gasteiger partial charge on any atom is -0.491 e. The third kappa shape index (κ3) is 8.30. The molecule has 0 spiro atoms. The first-order valence-corrected chi connectivity index (χ1v) is 13.9. The van der Waals surface area contributed by atoms with Crippen LogP contribution in [0, 0.1) is 0 Å². The van der Waals surface area contributed by atoms with E-state index in [1.807, 2.05) is 24.3 Å². The van der Waals surface area contributed by atoms with Crippen molar-refractivity contribution in [3.63, 3.8) is 0 Å². The number of para-hydroxylation sites is 1. The zero-order valence-electron chi connectivity index (χ0n) is 21.9. The molecule has 2 aliphatic rings. The van der Waals surface area contributed by atoms with Gasteiger partial charge < -0.3 is 29.5 Å². The first kappa shape index (κ1) is 30.2. The SMILES string of the molecule is CC(C)c1ccccc1OCC(O)CN1CCN(S(=O)(=O)c2ccc3c(c2)OCCO3)CC1.O=C(O)C(=O)O. The third-order valence-corrected chi connectivity index (χ3v) is 8.00. The van der Waals surface area contributed by atoms with Gasteiger partial charge in [-0.3, -0.25) is 4.90 Å². The summed E-state index contributed by atoms with van der Waals surface area (Å²) in [7, 11) is -3.62. The highest BCUT2D eigenvalue weighted by atomic mass is 32.2. The molecule has 2 aliphatic heterocycles. The molecular formula is C26H34N2O10S. The second-order valence-electron chi connectivity index (χ2n) is 9.28. The number of rotatable bonds is 8. The van der Waals surface area contributed by atoms with Gasteiger partial charge in [-0.15, -0.1) is 0 Å². The summed E-state index contributed by atoms with van der Waals surface area (Å²) >= 11 is 0. The maximum Gasteiger partial charge on any atom is 0.414 e. The van der Waals surface area contributed by atoms with Gasteiger partial charge in [0.2, 0.25) is 10.0 Å². The van der Waals surface area contributed by atoms with Gasteiger partial charge in [0.25, 0.3) is 0 Å². The van der Waals surface area contributed by atoms with Gasteiger partial charge in [-0.1, -0.05) is 32.0 Å². The topological polar surface area (TPSA) is 163 Å². The number of hydrogen-bond acceptors (Lipinski definition) is 9. The Balaban J connectivity index is 0.000000631. The van der Waals surface area contributed by atoms with E-state index >= 15 is 0 Å². The van der Waals surface area contributed by atoms with Crippen molar-refractivity contribution in [1.82, 2.24) is 9.21 Å². The molecule has 0 bridgehead atoms. The highest BCUT2D eigenvalue weighted by Gasteiger charge is 2.30. The summed E-state index contributed by atoms with van der Waals surface area (Å²) < 4.78 is 44.5. The second-order valence-corrected chi connectivity index (χ2v) is 11.2. The monoisotopic (exact) mass is 566 g/mol. The van der Waals surface area contributed by atoms with Crippen molar-refractivity contribution in [2.24, 2.45) is 0 Å². The molecule has 12 nitrogen and oxygen atoms in total. The molecule has 39 heavy (non-hydrogen) atoms. The molecule has 3 N–H and O–H groups in total. The van der Waals surface area contributed by atoms with E-state index in [1.54, 1.807) is 12.1 Å². The van der Waals surface area contributed by atoms with Crippen LogP contribution in [0.15, 0.2) is 47.4 Å². The van der Waals surface area contributed by atoms with E-state index in [0.717, 1.165) is 11.3 Å². The maximum absolute atomic E-state index is 13.1. The van der Waals surface area contributed by atoms with Gasteiger partial charge >= 0.3 is 11.9 Å². The van der Waals surface area contributed by atoms with Gasteiger partial charge in [-0.2, -0.15) is 4.31 Å². The Morgan fingerprint density at radius 1 is 0.949 bits per heavy atom. The van der Waals surface area contributed by atoms with Gasteiger partial charge in [-0.05, 0) is 29.7 Å². The summed E-state index contributed by atoms with van der Waals surface area (Å²) in [6, 6.07) is 12.6. The molecule has 2 aromatic carbocycles. The van der Waals surface area contributed by atoms with Crippen LogP contribution in [0.5, 0.6) is 17.2 Å². The first-order chi connectivity index (χ1) is 18.5. The minimum atomic E-state index is -3.62. The number of piperazine rings is 1. The summed E-state index contributed by atoms with van der Waals surface area (Å²) in [5.74, 6) is -1.49. The Labute approximate surface area is 227 Å². The van der Waals surface area contributed by atoms with Gasteiger partial charge in [-0.25, -0.2) is 18.0 Å². The van der Waals surface area contributed by atoms with Gasteiger partial charge in [0.15, 0.2) is 11.5 Å². The zero-order valence-corrected chi connectivity index (χ0v) is 22.7. The Hall–Kier alpha value is -3.39. The quantitative estimate of drug-likeness (QED) is 0.397. The Morgan fingerprint density at radius 2 is 1.56 bits per heavy atom. The summed E-state index contributed by atoms with van der Waals surface area (Å²) in [6.07, 6.45) is -0.661. The lowest BCUT2D eigenvalue weighted by Gasteiger charge is -2.35. The summed E-state index contributed by atoms with van der Waals surface area (Å²) in [4.78, 5) is 20.5. The van der Waals surface area contributed by atoms with E-state index in [1.165, 1.54) is 10.4 Å². The molecule has 0 saturated carbocycles. The average molecular weight is 567 g/mol. The number of carbonyl (C=O) groups is 2. The van der Waals surface area contributed by atoms with Crippen LogP contribution in [0.1, 0.15) is 25.3 Å². The highest BCUT2D eigenvalue weighted by Crippen LogP contribution is 2.33. The van der Waals surface area contributed by atoms with Gasteiger partial charge in [0.05, 0.1) is 4.90 Å². The molecule has 13 heteroatoms. The number of fused-ring (bicyclic) bond motifs is 1. The van der Waals surface area contributed by atoms with Crippen molar-refractivity contribution < 1.29 is 47.5 Å². The summed E-state index contributed by atoms with van der Waals surface area (Å²) in [6.45, 7) is 7.52. The predicted octanol–water partition coefficient (Wildman–Crippen LogP) is 1.48. The van der Waals surface area contributed by atoms with Crippen molar-refractivity contribution in [2.45, 2.75) is 30.8 Å². The minimum absolute atomic E-state index is 0.194. The molecule has 2 heterocycles. The smallest absolute Gasteiger partial charge is 0.414 e. The number of ether oxygens (including phenoxy) is 3. The fourth-order valence-electron chi connectivity index (χ4n) is 4.11. The number of carboxylic acid groups (broad SMARTS) is 2. The lowest BCUT2D eigenvalue weighted by molar-refractivity contribution is -0.159. The zero-order chi connectivity index (χ0) is 28.6. The molecule has 214 valence electrons. The Morgan fingerprint density at radius 3 is 2.18 bits per heavy atom. The molecule has 0 radical (unpaired) electrons. The largest absolute Gasteiger partial charge is 0.491 e. The van der Waals surface area contributed by atoms with Crippen LogP contribution < -0.4 is 14.2 Å². The highest BCUT2D eigenvalue weighted by molar-refractivity contribution is 7.89.